The topological polar surface area (TPSA) is 55.5 Å². The lowest BCUT2D eigenvalue weighted by molar-refractivity contribution is 0.124. The molecule has 3 atom stereocenters. The summed E-state index contributed by atoms with van der Waals surface area (Å²) in [4.78, 5) is 0. The lowest BCUT2D eigenvalue weighted by Crippen LogP contribution is -2.35. The summed E-state index contributed by atoms with van der Waals surface area (Å²) in [5, 5.41) is 10.3. The highest BCUT2D eigenvalue weighted by Crippen LogP contribution is 2.29. The van der Waals surface area contributed by atoms with Crippen molar-refractivity contribution in [3.05, 3.63) is 29.3 Å². The van der Waals surface area contributed by atoms with Crippen LogP contribution in [-0.2, 0) is 6.42 Å². The maximum absolute atomic E-state index is 10.3. The largest absolute Gasteiger partial charge is 0.494 e. The first kappa shape index (κ1) is 19.0. The van der Waals surface area contributed by atoms with Gasteiger partial charge in [-0.15, -0.1) is 0 Å². The molecule has 3 heteroatoms. The van der Waals surface area contributed by atoms with Gasteiger partial charge in [-0.2, -0.15) is 0 Å². The highest BCUT2D eigenvalue weighted by atomic mass is 16.5. The molecule has 0 spiro atoms. The molecule has 0 saturated carbocycles. The third-order valence-electron chi connectivity index (χ3n) is 4.21. The first-order chi connectivity index (χ1) is 10.5. The van der Waals surface area contributed by atoms with Crippen LogP contribution in [0.3, 0.4) is 0 Å². The van der Waals surface area contributed by atoms with E-state index in [-0.39, 0.29) is 6.04 Å². The standard InChI is InChI=1S/C19H33NO2/c1-5-8-18(20)19(21)12-14(4)17-10-9-16(22-11-6-2)13-15(17)7-3/h9-10,13-14,18-19,21H,5-8,11-12,20H2,1-4H3. The first-order valence-corrected chi connectivity index (χ1v) is 8.72. The van der Waals surface area contributed by atoms with E-state index >= 15 is 0 Å². The summed E-state index contributed by atoms with van der Waals surface area (Å²) in [6, 6.07) is 6.20. The number of hydrogen-bond donors (Lipinski definition) is 2. The van der Waals surface area contributed by atoms with Gasteiger partial charge in [-0.1, -0.05) is 40.2 Å². The average Bonchev–Trinajstić information content (AvgIpc) is 2.52. The van der Waals surface area contributed by atoms with E-state index in [1.54, 1.807) is 0 Å². The molecule has 0 aliphatic heterocycles. The van der Waals surface area contributed by atoms with Gasteiger partial charge < -0.3 is 15.6 Å². The van der Waals surface area contributed by atoms with Gasteiger partial charge in [-0.3, -0.25) is 0 Å². The highest BCUT2D eigenvalue weighted by Gasteiger charge is 2.19. The Bertz CT molecular complexity index is 433. The molecule has 3 N–H and O–H groups in total. The van der Waals surface area contributed by atoms with Crippen LogP contribution in [0.15, 0.2) is 18.2 Å². The Morgan fingerprint density at radius 2 is 1.91 bits per heavy atom. The summed E-state index contributed by atoms with van der Waals surface area (Å²) >= 11 is 0. The van der Waals surface area contributed by atoms with Gasteiger partial charge in [-0.05, 0) is 54.9 Å². The van der Waals surface area contributed by atoms with Crippen LogP contribution in [0.4, 0.5) is 0 Å². The monoisotopic (exact) mass is 307 g/mol. The zero-order valence-electron chi connectivity index (χ0n) is 14.6. The number of hydrogen-bond acceptors (Lipinski definition) is 3. The van der Waals surface area contributed by atoms with E-state index in [0.29, 0.717) is 12.3 Å². The summed E-state index contributed by atoms with van der Waals surface area (Å²) in [6.07, 6.45) is 4.15. The quantitative estimate of drug-likeness (QED) is 0.686. The molecule has 1 rings (SSSR count). The van der Waals surface area contributed by atoms with Gasteiger partial charge in [0, 0.05) is 6.04 Å². The second kappa shape index (κ2) is 9.86. The van der Waals surface area contributed by atoms with Crippen molar-refractivity contribution in [2.75, 3.05) is 6.61 Å². The van der Waals surface area contributed by atoms with Crippen molar-refractivity contribution in [3.63, 3.8) is 0 Å². The third kappa shape index (κ3) is 5.62. The van der Waals surface area contributed by atoms with Gasteiger partial charge >= 0.3 is 0 Å². The van der Waals surface area contributed by atoms with Crippen molar-refractivity contribution in [3.8, 4) is 5.75 Å². The molecule has 3 nitrogen and oxygen atoms in total. The zero-order chi connectivity index (χ0) is 16.5. The van der Waals surface area contributed by atoms with Crippen LogP contribution >= 0.6 is 0 Å². The minimum atomic E-state index is -0.435. The molecule has 0 aliphatic rings. The number of aliphatic hydroxyl groups is 1. The van der Waals surface area contributed by atoms with Gasteiger partial charge in [-0.25, -0.2) is 0 Å². The fourth-order valence-electron chi connectivity index (χ4n) is 2.87. The molecule has 0 radical (unpaired) electrons. The van der Waals surface area contributed by atoms with Gasteiger partial charge in [0.1, 0.15) is 5.75 Å². The van der Waals surface area contributed by atoms with E-state index in [1.165, 1.54) is 11.1 Å². The van der Waals surface area contributed by atoms with E-state index < -0.39 is 6.10 Å². The molecule has 22 heavy (non-hydrogen) atoms. The minimum Gasteiger partial charge on any atom is -0.494 e. The van der Waals surface area contributed by atoms with Crippen LogP contribution in [0.2, 0.25) is 0 Å². The molecule has 0 bridgehead atoms. The van der Waals surface area contributed by atoms with E-state index in [2.05, 4.69) is 39.8 Å². The minimum absolute atomic E-state index is 0.121. The van der Waals surface area contributed by atoms with E-state index in [4.69, 9.17) is 10.5 Å². The van der Waals surface area contributed by atoms with Gasteiger partial charge in [0.15, 0.2) is 0 Å². The van der Waals surface area contributed by atoms with Crippen LogP contribution in [-0.4, -0.2) is 23.9 Å². The van der Waals surface area contributed by atoms with E-state index in [1.807, 2.05) is 6.07 Å². The van der Waals surface area contributed by atoms with Crippen molar-refractivity contribution in [2.24, 2.45) is 5.73 Å². The lowest BCUT2D eigenvalue weighted by Gasteiger charge is -2.23. The summed E-state index contributed by atoms with van der Waals surface area (Å²) in [5.41, 5.74) is 8.64. The summed E-state index contributed by atoms with van der Waals surface area (Å²) < 4.78 is 5.71. The number of benzene rings is 1. The average molecular weight is 307 g/mol. The second-order valence-electron chi connectivity index (χ2n) is 6.22. The Morgan fingerprint density at radius 1 is 1.18 bits per heavy atom. The Labute approximate surface area is 135 Å². The van der Waals surface area contributed by atoms with Gasteiger partial charge in [0.2, 0.25) is 0 Å². The van der Waals surface area contributed by atoms with Crippen molar-refractivity contribution in [1.29, 1.82) is 0 Å². The predicted octanol–water partition coefficient (Wildman–Crippen LogP) is 4.02. The van der Waals surface area contributed by atoms with Crippen LogP contribution < -0.4 is 10.5 Å². The van der Waals surface area contributed by atoms with Gasteiger partial charge in [0.25, 0.3) is 0 Å². The van der Waals surface area contributed by atoms with Crippen LogP contribution in [0, 0.1) is 0 Å². The first-order valence-electron chi connectivity index (χ1n) is 8.72. The third-order valence-corrected chi connectivity index (χ3v) is 4.21. The molecular weight excluding hydrogens is 274 g/mol. The molecule has 0 aliphatic carbocycles. The summed E-state index contributed by atoms with van der Waals surface area (Å²) in [7, 11) is 0. The molecule has 0 aromatic heterocycles. The molecule has 126 valence electrons. The summed E-state index contributed by atoms with van der Waals surface area (Å²) in [6.45, 7) is 9.29. The Hall–Kier alpha value is -1.06. The fraction of sp³-hybridized carbons (Fsp3) is 0.684. The second-order valence-corrected chi connectivity index (χ2v) is 6.22. The van der Waals surface area contributed by atoms with Crippen molar-refractivity contribution in [2.45, 2.75) is 77.9 Å². The normalized spacial score (nSPS) is 15.4. The van der Waals surface area contributed by atoms with Crippen LogP contribution in [0.5, 0.6) is 5.75 Å². The molecule has 0 amide bonds. The Balaban J connectivity index is 2.77. The SMILES string of the molecule is CCCOc1ccc(C(C)CC(O)C(N)CCC)c(CC)c1. The molecular formula is C19H33NO2. The smallest absolute Gasteiger partial charge is 0.119 e. The molecule has 0 fully saturated rings. The fourth-order valence-corrected chi connectivity index (χ4v) is 2.87. The van der Waals surface area contributed by atoms with Gasteiger partial charge in [0.05, 0.1) is 12.7 Å². The predicted molar refractivity (Wildman–Crippen MR) is 93.5 cm³/mol. The maximum atomic E-state index is 10.3. The highest BCUT2D eigenvalue weighted by molar-refractivity contribution is 5.37. The van der Waals surface area contributed by atoms with Crippen molar-refractivity contribution >= 4 is 0 Å². The molecule has 3 unspecified atom stereocenters. The molecule has 0 saturated heterocycles. The van der Waals surface area contributed by atoms with Crippen molar-refractivity contribution < 1.29 is 9.84 Å². The van der Waals surface area contributed by atoms with E-state index in [9.17, 15) is 5.11 Å². The number of aliphatic hydroxyl groups excluding tert-OH is 1. The number of rotatable bonds is 10. The van der Waals surface area contributed by atoms with Crippen LogP contribution in [0.25, 0.3) is 0 Å². The molecule has 0 heterocycles. The lowest BCUT2D eigenvalue weighted by atomic mass is 9.88. The molecule has 1 aromatic carbocycles. The van der Waals surface area contributed by atoms with E-state index in [0.717, 1.165) is 38.0 Å². The zero-order valence-corrected chi connectivity index (χ0v) is 14.6. The maximum Gasteiger partial charge on any atom is 0.119 e. The Morgan fingerprint density at radius 3 is 2.50 bits per heavy atom. The molecule has 1 aromatic rings. The number of nitrogens with two attached hydrogens (primary N) is 1. The number of aryl methyl sites for hydroxylation is 1. The Kier molecular flexibility index (Phi) is 8.51. The van der Waals surface area contributed by atoms with Crippen LogP contribution in [0.1, 0.15) is 70.4 Å². The van der Waals surface area contributed by atoms with Crippen molar-refractivity contribution in [1.82, 2.24) is 0 Å². The number of ether oxygens (including phenoxy) is 1. The summed E-state index contributed by atoms with van der Waals surface area (Å²) in [5.74, 6) is 1.24.